The Labute approximate surface area is 208 Å². The van der Waals surface area contributed by atoms with Gasteiger partial charge >= 0.3 is 0 Å². The molecule has 1 aromatic heterocycles. The molecule has 1 aliphatic heterocycles. The maximum absolute atomic E-state index is 13.6. The van der Waals surface area contributed by atoms with Gasteiger partial charge < -0.3 is 10.0 Å². The van der Waals surface area contributed by atoms with Crippen LogP contribution in [0.4, 0.5) is 0 Å². The number of carbonyl (C=O) groups excluding carboxylic acids is 1. The van der Waals surface area contributed by atoms with Crippen LogP contribution in [0.5, 0.6) is 5.75 Å². The van der Waals surface area contributed by atoms with Gasteiger partial charge in [0.25, 0.3) is 5.91 Å². The Hall–Kier alpha value is -3.28. The van der Waals surface area contributed by atoms with E-state index in [1.165, 1.54) is 0 Å². The summed E-state index contributed by atoms with van der Waals surface area (Å²) in [5.74, 6) is -0.00788. The zero-order valence-corrected chi connectivity index (χ0v) is 20.5. The van der Waals surface area contributed by atoms with Crippen LogP contribution in [0.3, 0.4) is 0 Å². The average molecular weight is 492 g/mol. The fourth-order valence-electron chi connectivity index (χ4n) is 4.62. The number of aromatic hydroxyl groups is 1. The molecule has 1 atom stereocenters. The number of phenols is 1. The number of halogens is 2. The fourth-order valence-corrected chi connectivity index (χ4v) is 4.93. The number of rotatable bonds is 4. The molecule has 34 heavy (non-hydrogen) atoms. The summed E-state index contributed by atoms with van der Waals surface area (Å²) < 4.78 is 0. The molecule has 5 nitrogen and oxygen atoms in total. The van der Waals surface area contributed by atoms with Crippen molar-refractivity contribution in [1.82, 2.24) is 15.1 Å². The Morgan fingerprint density at radius 3 is 2.41 bits per heavy atom. The van der Waals surface area contributed by atoms with Gasteiger partial charge in [0.1, 0.15) is 17.1 Å². The highest BCUT2D eigenvalue weighted by atomic mass is 35.5. The molecule has 5 rings (SSSR count). The van der Waals surface area contributed by atoms with Gasteiger partial charge in [-0.1, -0.05) is 65.2 Å². The molecular formula is C27H23Cl2N3O2. The number of hydrogen-bond acceptors (Lipinski definition) is 3. The van der Waals surface area contributed by atoms with E-state index in [4.69, 9.17) is 23.2 Å². The van der Waals surface area contributed by atoms with E-state index in [9.17, 15) is 9.90 Å². The minimum absolute atomic E-state index is 0.150. The van der Waals surface area contributed by atoms with Crippen LogP contribution in [0, 0.1) is 20.8 Å². The highest BCUT2D eigenvalue weighted by Gasteiger charge is 2.42. The molecule has 0 radical (unpaired) electrons. The number of nitrogens with one attached hydrogen (secondary N) is 1. The summed E-state index contributed by atoms with van der Waals surface area (Å²) in [4.78, 5) is 15.4. The van der Waals surface area contributed by atoms with Crippen molar-refractivity contribution in [2.45, 2.75) is 33.4 Å². The van der Waals surface area contributed by atoms with Crippen LogP contribution < -0.4 is 0 Å². The van der Waals surface area contributed by atoms with Crippen molar-refractivity contribution in [2.75, 3.05) is 0 Å². The van der Waals surface area contributed by atoms with Gasteiger partial charge in [-0.2, -0.15) is 5.10 Å². The fraction of sp³-hybridized carbons (Fsp3) is 0.185. The Kier molecular flexibility index (Phi) is 5.62. The summed E-state index contributed by atoms with van der Waals surface area (Å²) >= 11 is 12.6. The molecule has 1 aliphatic rings. The zero-order valence-electron chi connectivity index (χ0n) is 19.0. The third-order valence-electron chi connectivity index (χ3n) is 6.30. The van der Waals surface area contributed by atoms with Crippen molar-refractivity contribution in [1.29, 1.82) is 0 Å². The van der Waals surface area contributed by atoms with E-state index in [1.807, 2.05) is 63.2 Å². The van der Waals surface area contributed by atoms with Crippen molar-refractivity contribution in [3.05, 3.63) is 104 Å². The molecule has 7 heteroatoms. The minimum Gasteiger partial charge on any atom is -0.507 e. The quantitative estimate of drug-likeness (QED) is 0.331. The third-order valence-corrected chi connectivity index (χ3v) is 7.04. The number of aromatic nitrogens is 2. The van der Waals surface area contributed by atoms with Crippen LogP contribution >= 0.6 is 23.2 Å². The molecule has 0 aliphatic carbocycles. The molecule has 4 aromatic rings. The van der Waals surface area contributed by atoms with Gasteiger partial charge in [-0.05, 0) is 61.2 Å². The zero-order chi connectivity index (χ0) is 24.1. The maximum Gasteiger partial charge on any atom is 0.273 e. The van der Waals surface area contributed by atoms with Crippen molar-refractivity contribution >= 4 is 29.1 Å². The number of fused-ring (bicyclic) bond motifs is 1. The van der Waals surface area contributed by atoms with Crippen molar-refractivity contribution in [3.63, 3.8) is 0 Å². The van der Waals surface area contributed by atoms with E-state index in [0.29, 0.717) is 33.5 Å². The smallest absolute Gasteiger partial charge is 0.273 e. The molecule has 3 aromatic carbocycles. The number of hydrogen-bond donors (Lipinski definition) is 2. The SMILES string of the molecule is Cc1ccc(CN2C(=O)c3[nH]nc(-c4cc(C)cc(C)c4O)c3C2c2ccc(Cl)c(Cl)c2)cc1. The summed E-state index contributed by atoms with van der Waals surface area (Å²) in [5.41, 5.74) is 7.00. The van der Waals surface area contributed by atoms with E-state index in [0.717, 1.165) is 33.4 Å². The second kappa shape index (κ2) is 8.49. The van der Waals surface area contributed by atoms with E-state index < -0.39 is 6.04 Å². The van der Waals surface area contributed by atoms with E-state index >= 15 is 0 Å². The molecular weight excluding hydrogens is 469 g/mol. The number of aryl methyl sites for hydroxylation is 3. The molecule has 1 unspecified atom stereocenters. The summed E-state index contributed by atoms with van der Waals surface area (Å²) in [6, 6.07) is 16.9. The second-order valence-electron chi connectivity index (χ2n) is 8.83. The third kappa shape index (κ3) is 3.75. The molecule has 0 saturated carbocycles. The predicted molar refractivity (Wildman–Crippen MR) is 135 cm³/mol. The number of nitrogens with zero attached hydrogens (tertiary/aromatic N) is 2. The van der Waals surface area contributed by atoms with E-state index in [2.05, 4.69) is 10.2 Å². The number of H-pyrrole nitrogens is 1. The first-order valence-electron chi connectivity index (χ1n) is 10.9. The van der Waals surface area contributed by atoms with Gasteiger partial charge in [0.05, 0.1) is 16.1 Å². The Bertz CT molecular complexity index is 1430. The Morgan fingerprint density at radius 2 is 1.71 bits per heavy atom. The van der Waals surface area contributed by atoms with Crippen LogP contribution in [-0.2, 0) is 6.54 Å². The molecule has 1 amide bonds. The molecule has 2 heterocycles. The average Bonchev–Trinajstić information content (AvgIpc) is 3.34. The minimum atomic E-state index is -0.451. The van der Waals surface area contributed by atoms with Gasteiger partial charge in [-0.25, -0.2) is 0 Å². The van der Waals surface area contributed by atoms with E-state index in [-0.39, 0.29) is 11.7 Å². The number of carbonyl (C=O) groups is 1. The van der Waals surface area contributed by atoms with Crippen molar-refractivity contribution < 1.29 is 9.90 Å². The first-order valence-corrected chi connectivity index (χ1v) is 11.7. The first kappa shape index (κ1) is 22.5. The molecule has 0 bridgehead atoms. The summed E-state index contributed by atoms with van der Waals surface area (Å²) in [6.07, 6.45) is 0. The number of aromatic amines is 1. The van der Waals surface area contributed by atoms with E-state index in [1.54, 1.807) is 17.0 Å². The molecule has 172 valence electrons. The topological polar surface area (TPSA) is 69.2 Å². The number of phenolic OH excluding ortho intramolecular Hbond substituents is 1. The molecule has 0 saturated heterocycles. The maximum atomic E-state index is 13.6. The predicted octanol–water partition coefficient (Wildman–Crippen LogP) is 6.76. The summed E-state index contributed by atoms with van der Waals surface area (Å²) in [6.45, 7) is 6.26. The largest absolute Gasteiger partial charge is 0.507 e. The highest BCUT2D eigenvalue weighted by molar-refractivity contribution is 6.42. The summed E-state index contributed by atoms with van der Waals surface area (Å²) in [5, 5.41) is 19.1. The van der Waals surface area contributed by atoms with Crippen molar-refractivity contribution in [2.24, 2.45) is 0 Å². The Morgan fingerprint density at radius 1 is 0.971 bits per heavy atom. The van der Waals surface area contributed by atoms with Crippen LogP contribution in [0.1, 0.15) is 49.9 Å². The van der Waals surface area contributed by atoms with Crippen LogP contribution in [-0.4, -0.2) is 26.1 Å². The van der Waals surface area contributed by atoms with Gasteiger partial charge in [-0.15, -0.1) is 0 Å². The van der Waals surface area contributed by atoms with Crippen LogP contribution in [0.2, 0.25) is 10.0 Å². The summed E-state index contributed by atoms with van der Waals surface area (Å²) in [7, 11) is 0. The monoisotopic (exact) mass is 491 g/mol. The molecule has 0 spiro atoms. The van der Waals surface area contributed by atoms with Crippen molar-refractivity contribution in [3.8, 4) is 17.0 Å². The van der Waals surface area contributed by atoms with Gasteiger partial charge in [0.15, 0.2) is 0 Å². The van der Waals surface area contributed by atoms with Crippen LogP contribution in [0.25, 0.3) is 11.3 Å². The second-order valence-corrected chi connectivity index (χ2v) is 9.65. The lowest BCUT2D eigenvalue weighted by Crippen LogP contribution is -2.29. The van der Waals surface area contributed by atoms with Gasteiger partial charge in [0.2, 0.25) is 0 Å². The number of amides is 1. The molecule has 2 N–H and O–H groups in total. The molecule has 0 fully saturated rings. The van der Waals surface area contributed by atoms with Gasteiger partial charge in [0, 0.05) is 17.7 Å². The number of benzene rings is 3. The highest BCUT2D eigenvalue weighted by Crippen LogP contribution is 2.46. The lowest BCUT2D eigenvalue weighted by molar-refractivity contribution is 0.0730. The lowest BCUT2D eigenvalue weighted by atomic mass is 9.94. The first-order chi connectivity index (χ1) is 16.2. The Balaban J connectivity index is 1.69. The normalized spacial score (nSPS) is 15.1. The lowest BCUT2D eigenvalue weighted by Gasteiger charge is -2.27. The van der Waals surface area contributed by atoms with Gasteiger partial charge in [-0.3, -0.25) is 9.89 Å². The van der Waals surface area contributed by atoms with Crippen LogP contribution in [0.15, 0.2) is 54.6 Å². The standard InChI is InChI=1S/C27H23Cl2N3O2/c1-14-4-6-17(7-5-14)13-32-25(18-8-9-20(28)21(29)12-18)22-23(30-31-24(22)27(32)34)19-11-15(2)10-16(3)26(19)33/h4-12,25,33H,13H2,1-3H3,(H,30,31).